The number of urea groups is 1. The summed E-state index contributed by atoms with van der Waals surface area (Å²) in [4.78, 5) is 18.4. The Kier molecular flexibility index (Phi) is 5.67. The van der Waals surface area contributed by atoms with E-state index in [4.69, 9.17) is 14.0 Å². The first-order valence-corrected chi connectivity index (χ1v) is 8.41. The molecule has 0 radical (unpaired) electrons. The Labute approximate surface area is 150 Å². The van der Waals surface area contributed by atoms with Crippen molar-refractivity contribution in [1.29, 1.82) is 0 Å². The van der Waals surface area contributed by atoms with Crippen LogP contribution in [0.1, 0.15) is 18.6 Å². The van der Waals surface area contributed by atoms with Gasteiger partial charge in [-0.1, -0.05) is 12.1 Å². The van der Waals surface area contributed by atoms with Gasteiger partial charge in [0, 0.05) is 37.7 Å². The van der Waals surface area contributed by atoms with Crippen molar-refractivity contribution in [3.05, 3.63) is 35.7 Å². The van der Waals surface area contributed by atoms with Gasteiger partial charge in [-0.2, -0.15) is 4.98 Å². The second kappa shape index (κ2) is 8.13. The first kappa shape index (κ1) is 18.1. The fraction of sp³-hybridized carbons (Fsp3) is 0.471. The van der Waals surface area contributed by atoms with E-state index in [9.17, 15) is 9.18 Å². The minimum Gasteiger partial charge on any atom is -0.494 e. The molecule has 1 saturated heterocycles. The SMILES string of the molecule is CCc1nc(C[C@H]2CN(C(=O)Nc3ccc(F)c(OC)c3)CCO2)no1. The van der Waals surface area contributed by atoms with Crippen LogP contribution in [0.4, 0.5) is 14.9 Å². The summed E-state index contributed by atoms with van der Waals surface area (Å²) in [6.07, 6.45) is 0.936. The Bertz CT molecular complexity index is 767. The maximum absolute atomic E-state index is 13.5. The quantitative estimate of drug-likeness (QED) is 0.875. The molecule has 2 heterocycles. The van der Waals surface area contributed by atoms with Crippen LogP contribution in [0.3, 0.4) is 0 Å². The molecule has 2 aromatic rings. The highest BCUT2D eigenvalue weighted by Gasteiger charge is 2.26. The number of nitrogens with zero attached hydrogens (tertiary/aromatic N) is 3. The number of nitrogens with one attached hydrogen (secondary N) is 1. The van der Waals surface area contributed by atoms with Gasteiger partial charge in [-0.25, -0.2) is 9.18 Å². The molecule has 1 fully saturated rings. The molecular weight excluding hydrogens is 343 g/mol. The van der Waals surface area contributed by atoms with E-state index in [-0.39, 0.29) is 17.9 Å². The lowest BCUT2D eigenvalue weighted by atomic mass is 10.2. The van der Waals surface area contributed by atoms with E-state index in [1.54, 1.807) is 4.90 Å². The minimum atomic E-state index is -0.483. The average Bonchev–Trinajstić information content (AvgIpc) is 3.11. The fourth-order valence-electron chi connectivity index (χ4n) is 2.69. The van der Waals surface area contributed by atoms with Crippen LogP contribution < -0.4 is 10.1 Å². The lowest BCUT2D eigenvalue weighted by Crippen LogP contribution is -2.48. The van der Waals surface area contributed by atoms with Crippen LogP contribution in [-0.2, 0) is 17.6 Å². The highest BCUT2D eigenvalue weighted by Crippen LogP contribution is 2.22. The van der Waals surface area contributed by atoms with Crippen molar-refractivity contribution >= 4 is 11.7 Å². The molecule has 0 spiro atoms. The van der Waals surface area contributed by atoms with Crippen molar-refractivity contribution in [2.45, 2.75) is 25.9 Å². The Morgan fingerprint density at radius 1 is 1.50 bits per heavy atom. The summed E-state index contributed by atoms with van der Waals surface area (Å²) in [5, 5.41) is 6.66. The van der Waals surface area contributed by atoms with E-state index in [0.29, 0.717) is 49.9 Å². The molecule has 26 heavy (non-hydrogen) atoms. The number of hydrogen-bond acceptors (Lipinski definition) is 6. The van der Waals surface area contributed by atoms with Gasteiger partial charge in [0.05, 0.1) is 19.8 Å². The number of halogens is 1. The smallest absolute Gasteiger partial charge is 0.322 e. The van der Waals surface area contributed by atoms with Crippen LogP contribution in [-0.4, -0.2) is 54.0 Å². The Hall–Kier alpha value is -2.68. The highest BCUT2D eigenvalue weighted by atomic mass is 19.1. The largest absolute Gasteiger partial charge is 0.494 e. The van der Waals surface area contributed by atoms with E-state index < -0.39 is 5.82 Å². The summed E-state index contributed by atoms with van der Waals surface area (Å²) in [5.41, 5.74) is 0.460. The number of morpholine rings is 1. The lowest BCUT2D eigenvalue weighted by molar-refractivity contribution is -0.0125. The van der Waals surface area contributed by atoms with Gasteiger partial charge in [0.15, 0.2) is 17.4 Å². The lowest BCUT2D eigenvalue weighted by Gasteiger charge is -2.32. The zero-order valence-corrected chi connectivity index (χ0v) is 14.7. The molecule has 9 heteroatoms. The topological polar surface area (TPSA) is 89.7 Å². The van der Waals surface area contributed by atoms with Gasteiger partial charge in [0.2, 0.25) is 5.89 Å². The summed E-state index contributed by atoms with van der Waals surface area (Å²) in [6.45, 7) is 3.22. The zero-order chi connectivity index (χ0) is 18.5. The van der Waals surface area contributed by atoms with Crippen LogP contribution >= 0.6 is 0 Å². The van der Waals surface area contributed by atoms with Gasteiger partial charge in [0.25, 0.3) is 0 Å². The van der Waals surface area contributed by atoms with Crippen molar-refractivity contribution in [2.75, 3.05) is 32.1 Å². The van der Waals surface area contributed by atoms with Crippen LogP contribution in [0, 0.1) is 5.82 Å². The molecule has 0 unspecified atom stereocenters. The van der Waals surface area contributed by atoms with E-state index >= 15 is 0 Å². The number of methoxy groups -OCH3 is 1. The molecule has 1 N–H and O–H groups in total. The van der Waals surface area contributed by atoms with Gasteiger partial charge >= 0.3 is 6.03 Å². The molecular formula is C17H21FN4O4. The number of ether oxygens (including phenoxy) is 2. The van der Waals surface area contributed by atoms with Crippen molar-refractivity contribution in [2.24, 2.45) is 0 Å². The third kappa shape index (κ3) is 4.29. The normalized spacial score (nSPS) is 17.2. The molecule has 2 amide bonds. The average molecular weight is 364 g/mol. The van der Waals surface area contributed by atoms with Crippen LogP contribution in [0.5, 0.6) is 5.75 Å². The second-order valence-corrected chi connectivity index (χ2v) is 5.88. The van der Waals surface area contributed by atoms with Crippen molar-refractivity contribution in [3.63, 3.8) is 0 Å². The summed E-state index contributed by atoms with van der Waals surface area (Å²) in [7, 11) is 1.37. The fourth-order valence-corrected chi connectivity index (χ4v) is 2.69. The standard InChI is InChI=1S/C17H21FN4O4/c1-3-16-20-15(21-26-16)9-12-10-22(6-7-25-12)17(23)19-11-4-5-13(18)14(8-11)24-2/h4-5,8,12H,3,6-7,9-10H2,1-2H3,(H,19,23)/t12-/m0/s1. The summed E-state index contributed by atoms with van der Waals surface area (Å²) >= 11 is 0. The molecule has 1 aliphatic rings. The Balaban J connectivity index is 1.59. The maximum atomic E-state index is 13.5. The predicted octanol–water partition coefficient (Wildman–Crippen LogP) is 2.26. The third-order valence-electron chi connectivity index (χ3n) is 4.05. The number of carbonyl (C=O) groups excluding carboxylic acids is 1. The number of anilines is 1. The molecule has 1 aromatic heterocycles. The molecule has 0 bridgehead atoms. The van der Waals surface area contributed by atoms with Gasteiger partial charge in [0.1, 0.15) is 0 Å². The minimum absolute atomic E-state index is 0.0755. The first-order valence-electron chi connectivity index (χ1n) is 8.41. The summed E-state index contributed by atoms with van der Waals surface area (Å²) < 4.78 is 29.2. The number of rotatable bonds is 5. The predicted molar refractivity (Wildman–Crippen MR) is 90.7 cm³/mol. The Morgan fingerprint density at radius 3 is 3.08 bits per heavy atom. The zero-order valence-electron chi connectivity index (χ0n) is 14.7. The van der Waals surface area contributed by atoms with E-state index in [0.717, 1.165) is 0 Å². The first-order chi connectivity index (χ1) is 12.6. The molecule has 3 rings (SSSR count). The molecule has 0 saturated carbocycles. The molecule has 1 aliphatic heterocycles. The second-order valence-electron chi connectivity index (χ2n) is 5.88. The number of carbonyl (C=O) groups is 1. The molecule has 140 valence electrons. The Morgan fingerprint density at radius 2 is 2.35 bits per heavy atom. The summed E-state index contributed by atoms with van der Waals surface area (Å²) in [6, 6.07) is 3.89. The number of aryl methyl sites for hydroxylation is 1. The van der Waals surface area contributed by atoms with Crippen molar-refractivity contribution in [1.82, 2.24) is 15.0 Å². The van der Waals surface area contributed by atoms with Crippen LogP contribution in [0.2, 0.25) is 0 Å². The van der Waals surface area contributed by atoms with Gasteiger partial charge in [-0.15, -0.1) is 0 Å². The van der Waals surface area contributed by atoms with Crippen molar-refractivity contribution < 1.29 is 23.2 Å². The van der Waals surface area contributed by atoms with E-state index in [1.807, 2.05) is 6.92 Å². The molecule has 8 nitrogen and oxygen atoms in total. The number of benzene rings is 1. The summed E-state index contributed by atoms with van der Waals surface area (Å²) in [5.74, 6) is 0.739. The number of aromatic nitrogens is 2. The van der Waals surface area contributed by atoms with E-state index in [1.165, 1.54) is 25.3 Å². The van der Waals surface area contributed by atoms with Gasteiger partial charge in [-0.3, -0.25) is 0 Å². The van der Waals surface area contributed by atoms with Crippen molar-refractivity contribution in [3.8, 4) is 5.75 Å². The van der Waals surface area contributed by atoms with Crippen LogP contribution in [0.15, 0.2) is 22.7 Å². The molecule has 1 atom stereocenters. The highest BCUT2D eigenvalue weighted by molar-refractivity contribution is 5.89. The van der Waals surface area contributed by atoms with Gasteiger partial charge in [-0.05, 0) is 12.1 Å². The monoisotopic (exact) mass is 364 g/mol. The number of amides is 2. The third-order valence-corrected chi connectivity index (χ3v) is 4.05. The molecule has 0 aliphatic carbocycles. The van der Waals surface area contributed by atoms with E-state index in [2.05, 4.69) is 15.5 Å². The maximum Gasteiger partial charge on any atom is 0.322 e. The molecule has 1 aromatic carbocycles. The van der Waals surface area contributed by atoms with Gasteiger partial charge < -0.3 is 24.2 Å². The number of hydrogen-bond donors (Lipinski definition) is 1. The van der Waals surface area contributed by atoms with Crippen LogP contribution in [0.25, 0.3) is 0 Å².